The van der Waals surface area contributed by atoms with Crippen molar-refractivity contribution in [3.8, 4) is 22.5 Å². The van der Waals surface area contributed by atoms with Crippen LogP contribution in [0.15, 0.2) is 53.7 Å². The molecule has 4 aromatic rings. The number of anilines is 1. The van der Waals surface area contributed by atoms with Crippen molar-refractivity contribution in [1.29, 1.82) is 0 Å². The van der Waals surface area contributed by atoms with Gasteiger partial charge in [0.2, 0.25) is 5.88 Å². The molecular weight excluding hydrogens is 268 g/mol. The van der Waals surface area contributed by atoms with Crippen LogP contribution in [0.2, 0.25) is 0 Å². The van der Waals surface area contributed by atoms with Gasteiger partial charge in [0.15, 0.2) is 0 Å². The first-order valence-corrected chi connectivity index (χ1v) is 6.29. The van der Waals surface area contributed by atoms with Gasteiger partial charge in [-0.3, -0.25) is 9.97 Å². The lowest BCUT2D eigenvalue weighted by atomic mass is 10.1. The predicted molar refractivity (Wildman–Crippen MR) is 76.1 cm³/mol. The van der Waals surface area contributed by atoms with E-state index in [0.29, 0.717) is 17.0 Å². The van der Waals surface area contributed by atoms with Gasteiger partial charge in [-0.15, -0.1) is 0 Å². The molecule has 2 N–H and O–H groups in total. The summed E-state index contributed by atoms with van der Waals surface area (Å²) < 4.78 is 6.87. The zero-order valence-corrected chi connectivity index (χ0v) is 10.8. The lowest BCUT2D eigenvalue weighted by Crippen LogP contribution is -1.90. The molecule has 0 aliphatic rings. The maximum absolute atomic E-state index is 5.91. The van der Waals surface area contributed by atoms with Gasteiger partial charge in [0.25, 0.3) is 0 Å². The van der Waals surface area contributed by atoms with Crippen molar-refractivity contribution >= 4 is 11.4 Å². The summed E-state index contributed by atoms with van der Waals surface area (Å²) in [6, 6.07) is 5.58. The van der Waals surface area contributed by atoms with Gasteiger partial charge in [-0.05, 0) is 12.1 Å². The summed E-state index contributed by atoms with van der Waals surface area (Å²) in [5, 5.41) is 8.34. The lowest BCUT2D eigenvalue weighted by molar-refractivity contribution is 0.439. The van der Waals surface area contributed by atoms with E-state index in [0.717, 1.165) is 11.1 Å². The van der Waals surface area contributed by atoms with Crippen LogP contribution in [0.25, 0.3) is 28.0 Å². The molecule has 0 saturated heterocycles. The largest absolute Gasteiger partial charge is 0.367 e. The molecule has 0 fully saturated rings. The van der Waals surface area contributed by atoms with Crippen LogP contribution >= 0.6 is 0 Å². The highest BCUT2D eigenvalue weighted by Crippen LogP contribution is 2.36. The summed E-state index contributed by atoms with van der Waals surface area (Å²) in [7, 11) is 0. The monoisotopic (exact) mass is 278 g/mol. The Kier molecular flexibility index (Phi) is 2.43. The van der Waals surface area contributed by atoms with Crippen LogP contribution in [0.4, 0.5) is 5.88 Å². The standard InChI is InChI=1S/C14H10N6O/c15-14-12(10-3-1-2-4-17-10)13(19-21-14)9-7-18-20-6-5-16-8-11(9)20/h1-8H,15H2. The molecule has 0 bridgehead atoms. The lowest BCUT2D eigenvalue weighted by Gasteiger charge is -2.00. The highest BCUT2D eigenvalue weighted by Gasteiger charge is 2.21. The van der Waals surface area contributed by atoms with Gasteiger partial charge < -0.3 is 10.3 Å². The number of nitrogens with two attached hydrogens (primary N) is 1. The Labute approximate surface area is 119 Å². The average Bonchev–Trinajstić information content (AvgIpc) is 3.11. The van der Waals surface area contributed by atoms with E-state index in [1.54, 1.807) is 35.5 Å². The summed E-state index contributed by atoms with van der Waals surface area (Å²) in [6.07, 6.45) is 8.56. The molecule has 0 saturated carbocycles. The van der Waals surface area contributed by atoms with Gasteiger partial charge >= 0.3 is 0 Å². The van der Waals surface area contributed by atoms with Crippen molar-refractivity contribution in [1.82, 2.24) is 24.7 Å². The third kappa shape index (κ3) is 1.75. The summed E-state index contributed by atoms with van der Waals surface area (Å²) in [5.74, 6) is 0.229. The van der Waals surface area contributed by atoms with Gasteiger partial charge in [0, 0.05) is 18.6 Å². The number of nitrogen functional groups attached to an aromatic ring is 1. The predicted octanol–water partition coefficient (Wildman–Crippen LogP) is 2.03. The molecule has 4 aromatic heterocycles. The van der Waals surface area contributed by atoms with E-state index in [-0.39, 0.29) is 5.88 Å². The summed E-state index contributed by atoms with van der Waals surface area (Å²) in [5.41, 5.74) is 9.50. The first kappa shape index (κ1) is 11.6. The van der Waals surface area contributed by atoms with E-state index >= 15 is 0 Å². The SMILES string of the molecule is Nc1onc(-c2cnn3ccncc23)c1-c1ccccn1. The zero-order chi connectivity index (χ0) is 14.2. The number of hydrogen-bond donors (Lipinski definition) is 1. The molecule has 0 aromatic carbocycles. The van der Waals surface area contributed by atoms with Gasteiger partial charge in [0.05, 0.1) is 34.7 Å². The Bertz CT molecular complexity index is 912. The third-order valence-corrected chi connectivity index (χ3v) is 3.22. The molecular formula is C14H10N6O. The van der Waals surface area contributed by atoms with Crippen molar-refractivity contribution in [2.45, 2.75) is 0 Å². The van der Waals surface area contributed by atoms with Crippen LogP contribution in [0.5, 0.6) is 0 Å². The number of fused-ring (bicyclic) bond motifs is 1. The molecule has 0 atom stereocenters. The molecule has 0 amide bonds. The van der Waals surface area contributed by atoms with Crippen LogP contribution in [0, 0.1) is 0 Å². The minimum Gasteiger partial charge on any atom is -0.367 e. The van der Waals surface area contributed by atoms with E-state index in [1.165, 1.54) is 0 Å². The van der Waals surface area contributed by atoms with E-state index in [1.807, 2.05) is 18.2 Å². The first-order valence-electron chi connectivity index (χ1n) is 6.29. The van der Waals surface area contributed by atoms with E-state index in [2.05, 4.69) is 20.2 Å². The number of nitrogens with zero attached hydrogens (tertiary/aromatic N) is 5. The second-order valence-electron chi connectivity index (χ2n) is 4.45. The Hall–Kier alpha value is -3.22. The normalized spacial score (nSPS) is 11.0. The molecule has 21 heavy (non-hydrogen) atoms. The minimum atomic E-state index is 0.229. The van der Waals surface area contributed by atoms with Crippen LogP contribution in [-0.2, 0) is 0 Å². The Balaban J connectivity index is 1.98. The van der Waals surface area contributed by atoms with Crippen LogP contribution in [0.1, 0.15) is 0 Å². The Morgan fingerprint density at radius 2 is 2.10 bits per heavy atom. The summed E-state index contributed by atoms with van der Waals surface area (Å²) in [6.45, 7) is 0. The van der Waals surface area contributed by atoms with Gasteiger partial charge in [-0.2, -0.15) is 5.10 Å². The van der Waals surface area contributed by atoms with Crippen LogP contribution in [-0.4, -0.2) is 24.7 Å². The molecule has 4 heterocycles. The van der Waals surface area contributed by atoms with Crippen LogP contribution < -0.4 is 5.73 Å². The van der Waals surface area contributed by atoms with Crippen LogP contribution in [0.3, 0.4) is 0 Å². The fourth-order valence-corrected chi connectivity index (χ4v) is 2.26. The fraction of sp³-hybridized carbons (Fsp3) is 0. The smallest absolute Gasteiger partial charge is 0.232 e. The maximum atomic E-state index is 5.91. The summed E-state index contributed by atoms with van der Waals surface area (Å²) >= 11 is 0. The molecule has 4 rings (SSSR count). The first-order chi connectivity index (χ1) is 10.3. The number of hydrogen-bond acceptors (Lipinski definition) is 6. The third-order valence-electron chi connectivity index (χ3n) is 3.22. The second kappa shape index (κ2) is 4.41. The van der Waals surface area contributed by atoms with E-state index < -0.39 is 0 Å². The molecule has 0 aliphatic heterocycles. The quantitative estimate of drug-likeness (QED) is 0.602. The topological polar surface area (TPSA) is 95.1 Å². The second-order valence-corrected chi connectivity index (χ2v) is 4.45. The Morgan fingerprint density at radius 1 is 1.14 bits per heavy atom. The fourth-order valence-electron chi connectivity index (χ4n) is 2.26. The average molecular weight is 278 g/mol. The van der Waals surface area contributed by atoms with E-state index in [4.69, 9.17) is 10.3 Å². The van der Waals surface area contributed by atoms with Crippen molar-refractivity contribution in [3.05, 3.63) is 49.2 Å². The molecule has 102 valence electrons. The molecule has 0 aliphatic carbocycles. The molecule has 0 radical (unpaired) electrons. The van der Waals surface area contributed by atoms with Crippen molar-refractivity contribution in [2.24, 2.45) is 0 Å². The van der Waals surface area contributed by atoms with Crippen molar-refractivity contribution in [2.75, 3.05) is 5.73 Å². The zero-order valence-electron chi connectivity index (χ0n) is 10.8. The van der Waals surface area contributed by atoms with Gasteiger partial charge in [0.1, 0.15) is 5.69 Å². The van der Waals surface area contributed by atoms with Crippen molar-refractivity contribution < 1.29 is 4.52 Å². The highest BCUT2D eigenvalue weighted by atomic mass is 16.5. The maximum Gasteiger partial charge on any atom is 0.232 e. The van der Waals surface area contributed by atoms with Gasteiger partial charge in [-0.25, -0.2) is 4.52 Å². The summed E-state index contributed by atoms with van der Waals surface area (Å²) in [4.78, 5) is 8.42. The van der Waals surface area contributed by atoms with Crippen molar-refractivity contribution in [3.63, 3.8) is 0 Å². The Morgan fingerprint density at radius 3 is 2.95 bits per heavy atom. The number of rotatable bonds is 2. The minimum absolute atomic E-state index is 0.229. The van der Waals surface area contributed by atoms with Gasteiger partial charge in [-0.1, -0.05) is 11.2 Å². The molecule has 7 heteroatoms. The highest BCUT2D eigenvalue weighted by molar-refractivity contribution is 5.90. The van der Waals surface area contributed by atoms with E-state index in [9.17, 15) is 0 Å². The number of aromatic nitrogens is 5. The number of pyridine rings is 1. The molecule has 0 spiro atoms. The molecule has 0 unspecified atom stereocenters. The molecule has 7 nitrogen and oxygen atoms in total.